The molecule has 0 saturated carbocycles. The second-order valence-corrected chi connectivity index (χ2v) is 8.09. The van der Waals surface area contributed by atoms with Crippen LogP contribution in [0.25, 0.3) is 20.9 Å². The van der Waals surface area contributed by atoms with E-state index >= 15 is 0 Å². The number of thioether (sulfide) groups is 1. The largest absolute Gasteiger partial charge is 0.457 e. The van der Waals surface area contributed by atoms with Gasteiger partial charge in [-0.1, -0.05) is 70.5 Å². The maximum absolute atomic E-state index is 11.8. The highest BCUT2D eigenvalue weighted by Crippen LogP contribution is 2.37. The minimum Gasteiger partial charge on any atom is -0.457 e. The standard InChI is InChI=1S/C21H22N6O4S/c1-14(28)30-19-17(12-24-26-22)31-21(32-16-10-6-3-7-11-16)18(25-27-23)20(19)29-13-15-8-4-2-5-9-15/h2-11,17-21H,12-13H2,1H3/t17-,18-,19-,20-,21+/m1/s1. The highest BCUT2D eigenvalue weighted by atomic mass is 32.2. The van der Waals surface area contributed by atoms with Gasteiger partial charge in [-0.25, -0.2) is 0 Å². The number of ether oxygens (including phenoxy) is 3. The molecular formula is C21H22N6O4S. The number of carbonyl (C=O) groups excluding carboxylic acids is 1. The molecule has 166 valence electrons. The molecule has 2 aromatic carbocycles. The van der Waals surface area contributed by atoms with Crippen LogP contribution in [-0.4, -0.2) is 42.3 Å². The molecular weight excluding hydrogens is 432 g/mol. The molecule has 0 aromatic heterocycles. The average Bonchev–Trinajstić information content (AvgIpc) is 2.80. The first-order chi connectivity index (χ1) is 15.6. The molecule has 11 heteroatoms. The average molecular weight is 455 g/mol. The third-order valence-electron chi connectivity index (χ3n) is 4.71. The van der Waals surface area contributed by atoms with Crippen molar-refractivity contribution in [1.82, 2.24) is 0 Å². The highest BCUT2D eigenvalue weighted by Gasteiger charge is 2.48. The fourth-order valence-electron chi connectivity index (χ4n) is 3.36. The lowest BCUT2D eigenvalue weighted by Gasteiger charge is -2.44. The lowest BCUT2D eigenvalue weighted by Crippen LogP contribution is -2.59. The van der Waals surface area contributed by atoms with Crippen molar-refractivity contribution >= 4 is 17.7 Å². The minimum absolute atomic E-state index is 0.0749. The van der Waals surface area contributed by atoms with Crippen molar-refractivity contribution in [2.45, 2.75) is 48.2 Å². The van der Waals surface area contributed by atoms with Crippen molar-refractivity contribution in [3.63, 3.8) is 0 Å². The Hall–Kier alpha value is -3.20. The van der Waals surface area contributed by atoms with Crippen LogP contribution in [0, 0.1) is 0 Å². The van der Waals surface area contributed by atoms with Crippen LogP contribution in [0.4, 0.5) is 0 Å². The van der Waals surface area contributed by atoms with Gasteiger partial charge in [-0.15, -0.1) is 0 Å². The predicted molar refractivity (Wildman–Crippen MR) is 118 cm³/mol. The summed E-state index contributed by atoms with van der Waals surface area (Å²) in [6.07, 6.45) is -2.52. The van der Waals surface area contributed by atoms with Crippen LogP contribution < -0.4 is 0 Å². The Kier molecular flexibility index (Phi) is 8.79. The number of rotatable bonds is 9. The van der Waals surface area contributed by atoms with Gasteiger partial charge in [-0.2, -0.15) is 0 Å². The predicted octanol–water partition coefficient (Wildman–Crippen LogP) is 5.01. The Morgan fingerprint density at radius 3 is 2.38 bits per heavy atom. The summed E-state index contributed by atoms with van der Waals surface area (Å²) in [4.78, 5) is 18.5. The zero-order valence-corrected chi connectivity index (χ0v) is 18.1. The molecule has 0 spiro atoms. The summed E-state index contributed by atoms with van der Waals surface area (Å²) in [6, 6.07) is 18.1. The molecule has 0 aliphatic carbocycles. The Morgan fingerprint density at radius 1 is 1.06 bits per heavy atom. The third-order valence-corrected chi connectivity index (χ3v) is 5.87. The van der Waals surface area contributed by atoms with Gasteiger partial charge < -0.3 is 14.2 Å². The molecule has 1 heterocycles. The normalized spacial score (nSPS) is 24.6. The minimum atomic E-state index is -0.926. The summed E-state index contributed by atoms with van der Waals surface area (Å²) in [5.41, 5.74) is 18.3. The van der Waals surface area contributed by atoms with Gasteiger partial charge in [-0.05, 0) is 28.8 Å². The number of carbonyl (C=O) groups is 1. The van der Waals surface area contributed by atoms with E-state index < -0.39 is 35.8 Å². The van der Waals surface area contributed by atoms with Gasteiger partial charge in [0.2, 0.25) is 0 Å². The van der Waals surface area contributed by atoms with Gasteiger partial charge in [0.05, 0.1) is 13.2 Å². The summed E-state index contributed by atoms with van der Waals surface area (Å²) in [7, 11) is 0. The van der Waals surface area contributed by atoms with Crippen LogP contribution in [0.5, 0.6) is 0 Å². The van der Waals surface area contributed by atoms with E-state index in [-0.39, 0.29) is 13.2 Å². The lowest BCUT2D eigenvalue weighted by atomic mass is 9.97. The second kappa shape index (κ2) is 12.0. The van der Waals surface area contributed by atoms with Crippen LogP contribution >= 0.6 is 11.8 Å². The Bertz CT molecular complexity index is 982. The molecule has 0 amide bonds. The molecule has 32 heavy (non-hydrogen) atoms. The van der Waals surface area contributed by atoms with Gasteiger partial charge in [0.1, 0.15) is 23.7 Å². The zero-order valence-electron chi connectivity index (χ0n) is 17.3. The number of hydrogen-bond acceptors (Lipinski definition) is 7. The molecule has 5 atom stereocenters. The van der Waals surface area contributed by atoms with Crippen molar-refractivity contribution in [2.75, 3.05) is 6.54 Å². The quantitative estimate of drug-likeness (QED) is 0.226. The van der Waals surface area contributed by atoms with E-state index in [1.165, 1.54) is 18.7 Å². The van der Waals surface area contributed by atoms with E-state index in [9.17, 15) is 10.3 Å². The monoisotopic (exact) mass is 454 g/mol. The first-order valence-corrected chi connectivity index (χ1v) is 10.8. The van der Waals surface area contributed by atoms with Crippen LogP contribution in [0.2, 0.25) is 0 Å². The van der Waals surface area contributed by atoms with Crippen molar-refractivity contribution in [3.05, 3.63) is 87.1 Å². The number of hydrogen-bond donors (Lipinski definition) is 0. The van der Waals surface area contributed by atoms with Gasteiger partial charge in [-0.3, -0.25) is 4.79 Å². The molecule has 1 saturated heterocycles. The van der Waals surface area contributed by atoms with E-state index in [1.54, 1.807) is 0 Å². The summed E-state index contributed by atoms with van der Waals surface area (Å²) < 4.78 is 17.8. The van der Waals surface area contributed by atoms with Crippen molar-refractivity contribution in [3.8, 4) is 0 Å². The van der Waals surface area contributed by atoms with E-state index in [0.29, 0.717) is 0 Å². The fraction of sp³-hybridized carbons (Fsp3) is 0.381. The van der Waals surface area contributed by atoms with Gasteiger partial charge >= 0.3 is 5.97 Å². The summed E-state index contributed by atoms with van der Waals surface area (Å²) in [5.74, 6) is -0.549. The van der Waals surface area contributed by atoms with Gasteiger partial charge in [0, 0.05) is 21.6 Å². The molecule has 0 radical (unpaired) electrons. The number of azide groups is 2. The number of esters is 1. The summed E-state index contributed by atoms with van der Waals surface area (Å²) in [6.45, 7) is 1.40. The lowest BCUT2D eigenvalue weighted by molar-refractivity contribution is -0.198. The van der Waals surface area contributed by atoms with Gasteiger partial charge in [0.25, 0.3) is 0 Å². The molecule has 0 bridgehead atoms. The molecule has 0 unspecified atom stereocenters. The number of benzene rings is 2. The van der Waals surface area contributed by atoms with Crippen LogP contribution in [0.15, 0.2) is 75.8 Å². The molecule has 1 aliphatic heterocycles. The van der Waals surface area contributed by atoms with E-state index in [0.717, 1.165) is 10.5 Å². The first kappa shape index (κ1) is 23.5. The Balaban J connectivity index is 1.94. The first-order valence-electron chi connectivity index (χ1n) is 9.87. The SMILES string of the molecule is CC(=O)O[C@H]1[C@H](OCc2ccccc2)[C@@H](N=[N+]=[N-])[C@H](Sc2ccccc2)O[C@@H]1CN=[N+]=[N-]. The molecule has 1 aliphatic rings. The van der Waals surface area contributed by atoms with Crippen molar-refractivity contribution < 1.29 is 19.0 Å². The third kappa shape index (κ3) is 6.40. The second-order valence-electron chi connectivity index (χ2n) is 6.92. The van der Waals surface area contributed by atoms with Crippen LogP contribution in [0.3, 0.4) is 0 Å². The number of nitrogens with zero attached hydrogens (tertiary/aromatic N) is 6. The topological polar surface area (TPSA) is 142 Å². The van der Waals surface area contributed by atoms with Crippen LogP contribution in [0.1, 0.15) is 12.5 Å². The fourth-order valence-corrected chi connectivity index (χ4v) is 4.49. The Morgan fingerprint density at radius 2 is 1.75 bits per heavy atom. The molecule has 3 rings (SSSR count). The van der Waals surface area contributed by atoms with E-state index in [1.807, 2.05) is 60.7 Å². The molecule has 2 aromatic rings. The molecule has 0 N–H and O–H groups in total. The summed E-state index contributed by atoms with van der Waals surface area (Å²) >= 11 is 1.35. The van der Waals surface area contributed by atoms with Gasteiger partial charge in [0.15, 0.2) is 6.10 Å². The molecule has 1 fully saturated rings. The Labute approximate surface area is 189 Å². The van der Waals surface area contributed by atoms with E-state index in [2.05, 4.69) is 20.1 Å². The van der Waals surface area contributed by atoms with E-state index in [4.69, 9.17) is 19.7 Å². The smallest absolute Gasteiger partial charge is 0.303 e. The molecule has 10 nitrogen and oxygen atoms in total. The van der Waals surface area contributed by atoms with Crippen molar-refractivity contribution in [2.24, 2.45) is 10.2 Å². The maximum atomic E-state index is 11.8. The highest BCUT2D eigenvalue weighted by molar-refractivity contribution is 7.99. The summed E-state index contributed by atoms with van der Waals surface area (Å²) in [5, 5.41) is 7.56. The zero-order chi connectivity index (χ0) is 22.8. The maximum Gasteiger partial charge on any atom is 0.303 e. The van der Waals surface area contributed by atoms with Crippen LogP contribution in [-0.2, 0) is 25.6 Å². The van der Waals surface area contributed by atoms with Crippen molar-refractivity contribution in [1.29, 1.82) is 0 Å².